The van der Waals surface area contributed by atoms with Crippen molar-refractivity contribution in [3.63, 3.8) is 0 Å². The fourth-order valence-electron chi connectivity index (χ4n) is 3.35. The van der Waals surface area contributed by atoms with Crippen LogP contribution in [0.1, 0.15) is 45.4 Å². The average molecular weight is 381 g/mol. The fraction of sp³-hybridized carbons (Fsp3) is 0.647. The summed E-state index contributed by atoms with van der Waals surface area (Å²) in [7, 11) is 0. The number of β-lactam (4-membered cyclic amide) rings is 1. The Morgan fingerprint density at radius 1 is 1.35 bits per heavy atom. The number of thioether (sulfide) groups is 1. The third-order valence-corrected chi connectivity index (χ3v) is 6.15. The molecule has 8 nitrogen and oxygen atoms in total. The number of carboxylic acid groups (broad SMARTS) is 1. The van der Waals surface area contributed by atoms with Crippen molar-refractivity contribution in [2.24, 2.45) is 5.16 Å². The van der Waals surface area contributed by atoms with Crippen LogP contribution in [0.4, 0.5) is 0 Å². The molecule has 2 atom stereocenters. The van der Waals surface area contributed by atoms with Gasteiger partial charge in [-0.25, -0.2) is 4.79 Å². The molecule has 0 bridgehead atoms. The number of aliphatic carboxylic acids is 1. The summed E-state index contributed by atoms with van der Waals surface area (Å²) in [5, 5.41) is 15.7. The van der Waals surface area contributed by atoms with Gasteiger partial charge in [-0.15, -0.1) is 11.8 Å². The number of rotatable bonds is 6. The molecule has 1 saturated carbocycles. The van der Waals surface area contributed by atoms with E-state index in [0.29, 0.717) is 11.3 Å². The van der Waals surface area contributed by atoms with Gasteiger partial charge in [0.2, 0.25) is 5.91 Å². The summed E-state index contributed by atoms with van der Waals surface area (Å²) in [5.41, 5.74) is 1.74. The van der Waals surface area contributed by atoms with Gasteiger partial charge in [-0.05, 0) is 38.2 Å². The lowest BCUT2D eigenvalue weighted by Crippen LogP contribution is -2.70. The Hall–Kier alpha value is -2.03. The highest BCUT2D eigenvalue weighted by molar-refractivity contribution is 8.00. The highest BCUT2D eigenvalue weighted by Gasteiger charge is 2.53. The predicted molar refractivity (Wildman–Crippen MR) is 96.4 cm³/mol. The highest BCUT2D eigenvalue weighted by atomic mass is 32.2. The molecule has 2 amide bonds. The molecule has 0 spiro atoms. The lowest BCUT2D eigenvalue weighted by Gasteiger charge is -2.49. The van der Waals surface area contributed by atoms with Crippen molar-refractivity contribution in [2.45, 2.75) is 56.9 Å². The first-order valence-corrected chi connectivity index (χ1v) is 9.88. The van der Waals surface area contributed by atoms with Gasteiger partial charge in [0.1, 0.15) is 23.7 Å². The zero-order valence-electron chi connectivity index (χ0n) is 14.7. The van der Waals surface area contributed by atoms with Crippen LogP contribution in [0.3, 0.4) is 0 Å². The predicted octanol–water partition coefficient (Wildman–Crippen LogP) is 1.47. The largest absolute Gasteiger partial charge is 0.477 e. The molecule has 2 fully saturated rings. The van der Waals surface area contributed by atoms with Gasteiger partial charge in [-0.2, -0.15) is 0 Å². The van der Waals surface area contributed by atoms with Crippen molar-refractivity contribution in [3.05, 3.63) is 11.3 Å². The molecule has 3 rings (SSSR count). The number of hydrogen-bond acceptors (Lipinski definition) is 6. The second-order valence-corrected chi connectivity index (χ2v) is 7.80. The molecule has 3 aliphatic rings. The highest BCUT2D eigenvalue weighted by Crippen LogP contribution is 2.40. The minimum absolute atomic E-state index is 0.0379. The van der Waals surface area contributed by atoms with Crippen molar-refractivity contribution >= 4 is 35.3 Å². The zero-order valence-corrected chi connectivity index (χ0v) is 15.5. The molecule has 142 valence electrons. The van der Waals surface area contributed by atoms with Gasteiger partial charge in [0.25, 0.3) is 5.91 Å². The van der Waals surface area contributed by atoms with Gasteiger partial charge < -0.3 is 15.3 Å². The molecule has 0 aromatic carbocycles. The molecule has 2 unspecified atom stereocenters. The van der Waals surface area contributed by atoms with Crippen LogP contribution in [0.15, 0.2) is 16.4 Å². The summed E-state index contributed by atoms with van der Waals surface area (Å²) in [4.78, 5) is 42.2. The van der Waals surface area contributed by atoms with Crippen LogP contribution in [0, 0.1) is 0 Å². The van der Waals surface area contributed by atoms with E-state index in [1.807, 2.05) is 0 Å². The summed E-state index contributed by atoms with van der Waals surface area (Å²) in [5.74, 6) is -1.25. The number of nitrogens with one attached hydrogen (secondary N) is 1. The first-order valence-electron chi connectivity index (χ1n) is 8.84. The zero-order chi connectivity index (χ0) is 18.7. The molecule has 0 aromatic heterocycles. The van der Waals surface area contributed by atoms with E-state index in [9.17, 15) is 19.5 Å². The summed E-state index contributed by atoms with van der Waals surface area (Å²) in [6, 6.07) is -0.681. The first-order chi connectivity index (χ1) is 12.5. The third kappa shape index (κ3) is 3.87. The van der Waals surface area contributed by atoms with E-state index < -0.39 is 12.0 Å². The minimum Gasteiger partial charge on any atom is -0.477 e. The maximum Gasteiger partial charge on any atom is 0.352 e. The summed E-state index contributed by atoms with van der Waals surface area (Å²) in [6.45, 7) is 1.87. The number of fused-ring (bicyclic) bond motifs is 1. The van der Waals surface area contributed by atoms with E-state index in [2.05, 4.69) is 10.5 Å². The van der Waals surface area contributed by atoms with Crippen molar-refractivity contribution < 1.29 is 24.3 Å². The SMILES string of the molecule is CC1=C(C(=O)O)N2C(=O)C(NC(=O)CCON=C3CCCCC3)C2SC1. The second kappa shape index (κ2) is 8.11. The van der Waals surface area contributed by atoms with Gasteiger partial charge in [0.15, 0.2) is 0 Å². The molecule has 2 aliphatic heterocycles. The Morgan fingerprint density at radius 2 is 2.08 bits per heavy atom. The molecular formula is C17H23N3O5S. The third-order valence-electron chi connectivity index (χ3n) is 4.72. The van der Waals surface area contributed by atoms with Gasteiger partial charge >= 0.3 is 5.97 Å². The smallest absolute Gasteiger partial charge is 0.352 e. The number of hydrogen-bond donors (Lipinski definition) is 2. The van der Waals surface area contributed by atoms with Crippen LogP contribution in [0.25, 0.3) is 0 Å². The number of nitrogens with zero attached hydrogens (tertiary/aromatic N) is 2. The molecule has 2 heterocycles. The number of amides is 2. The van der Waals surface area contributed by atoms with E-state index in [-0.39, 0.29) is 35.9 Å². The minimum atomic E-state index is -1.11. The molecule has 0 radical (unpaired) electrons. The van der Waals surface area contributed by atoms with E-state index in [1.54, 1.807) is 6.92 Å². The van der Waals surface area contributed by atoms with Crippen molar-refractivity contribution in [1.82, 2.24) is 10.2 Å². The van der Waals surface area contributed by atoms with Crippen LogP contribution < -0.4 is 5.32 Å². The van der Waals surface area contributed by atoms with Crippen LogP contribution >= 0.6 is 11.8 Å². The van der Waals surface area contributed by atoms with Crippen LogP contribution in [0.2, 0.25) is 0 Å². The fourth-order valence-corrected chi connectivity index (χ4v) is 4.64. The first kappa shape index (κ1) is 18.8. The summed E-state index contributed by atoms with van der Waals surface area (Å²) >= 11 is 1.46. The van der Waals surface area contributed by atoms with E-state index in [0.717, 1.165) is 31.4 Å². The lowest BCUT2D eigenvalue weighted by molar-refractivity contribution is -0.150. The van der Waals surface area contributed by atoms with Crippen molar-refractivity contribution in [2.75, 3.05) is 12.4 Å². The quantitative estimate of drug-likeness (QED) is 0.410. The van der Waals surface area contributed by atoms with E-state index in [4.69, 9.17) is 4.84 Å². The van der Waals surface area contributed by atoms with E-state index >= 15 is 0 Å². The Labute approximate surface area is 156 Å². The van der Waals surface area contributed by atoms with Gasteiger partial charge in [0.05, 0.1) is 12.1 Å². The topological polar surface area (TPSA) is 108 Å². The standard InChI is InChI=1S/C17H23N3O5S/c1-10-9-26-16-13(15(22)20(16)14(10)17(23)24)18-12(21)7-8-25-19-11-5-3-2-4-6-11/h13,16H,2-9H2,1H3,(H,18,21)(H,23,24). The second-order valence-electron chi connectivity index (χ2n) is 6.69. The molecule has 1 saturated heterocycles. The summed E-state index contributed by atoms with van der Waals surface area (Å²) < 4.78 is 0. The maximum absolute atomic E-state index is 12.3. The number of carboxylic acids is 1. The Balaban J connectivity index is 1.46. The lowest BCUT2D eigenvalue weighted by atomic mass is 9.99. The number of carbonyl (C=O) groups excluding carboxylic acids is 2. The average Bonchev–Trinajstić information content (AvgIpc) is 2.63. The monoisotopic (exact) mass is 381 g/mol. The van der Waals surface area contributed by atoms with Crippen LogP contribution in [0.5, 0.6) is 0 Å². The van der Waals surface area contributed by atoms with Gasteiger partial charge in [0, 0.05) is 5.75 Å². The van der Waals surface area contributed by atoms with Crippen LogP contribution in [-0.4, -0.2) is 57.3 Å². The van der Waals surface area contributed by atoms with E-state index in [1.165, 1.54) is 23.1 Å². The summed E-state index contributed by atoms with van der Waals surface area (Å²) in [6.07, 6.45) is 5.51. The molecule has 2 N–H and O–H groups in total. The van der Waals surface area contributed by atoms with Gasteiger partial charge in [-0.1, -0.05) is 11.6 Å². The van der Waals surface area contributed by atoms with Crippen LogP contribution in [-0.2, 0) is 19.2 Å². The normalized spacial score (nSPS) is 25.3. The molecule has 0 aromatic rings. The molecule has 26 heavy (non-hydrogen) atoms. The maximum atomic E-state index is 12.3. The number of carbonyl (C=O) groups is 3. The Bertz CT molecular complexity index is 667. The Kier molecular flexibility index (Phi) is 5.85. The molecule has 9 heteroatoms. The molecular weight excluding hydrogens is 358 g/mol. The molecule has 1 aliphatic carbocycles. The van der Waals surface area contributed by atoms with Gasteiger partial charge in [-0.3, -0.25) is 14.5 Å². The van der Waals surface area contributed by atoms with Crippen molar-refractivity contribution in [1.29, 1.82) is 0 Å². The Morgan fingerprint density at radius 3 is 2.77 bits per heavy atom. The number of oxime groups is 1. The van der Waals surface area contributed by atoms with Crippen molar-refractivity contribution in [3.8, 4) is 0 Å².